The molecule has 0 aromatic heterocycles. The molecule has 136 valence electrons. The molecule has 2 heterocycles. The first-order valence-electron chi connectivity index (χ1n) is 7.84. The number of aliphatic carboxylic acids is 1. The third-order valence-electron chi connectivity index (χ3n) is 4.10. The maximum Gasteiger partial charge on any atom is 0.352 e. The van der Waals surface area contributed by atoms with E-state index in [1.807, 2.05) is 30.3 Å². The molecule has 1 aromatic carbocycles. The van der Waals surface area contributed by atoms with E-state index in [1.54, 1.807) is 0 Å². The highest BCUT2D eigenvalue weighted by Crippen LogP contribution is 2.40. The first kappa shape index (κ1) is 18.0. The van der Waals surface area contributed by atoms with Gasteiger partial charge in [-0.1, -0.05) is 30.3 Å². The van der Waals surface area contributed by atoms with Gasteiger partial charge in [-0.25, -0.2) is 4.79 Å². The van der Waals surface area contributed by atoms with E-state index >= 15 is 0 Å². The zero-order valence-electron chi connectivity index (χ0n) is 13.8. The van der Waals surface area contributed by atoms with Crippen LogP contribution in [0.2, 0.25) is 0 Å². The predicted octanol–water partition coefficient (Wildman–Crippen LogP) is 0.600. The molecule has 2 aliphatic rings. The summed E-state index contributed by atoms with van der Waals surface area (Å²) in [5.74, 6) is -1.55. The first-order valence-corrected chi connectivity index (χ1v) is 8.89. The lowest BCUT2D eigenvalue weighted by molar-refractivity contribution is -0.150. The summed E-state index contributed by atoms with van der Waals surface area (Å²) in [6.45, 7) is 3.14. The van der Waals surface area contributed by atoms with Crippen molar-refractivity contribution in [3.63, 3.8) is 0 Å². The van der Waals surface area contributed by atoms with Crippen LogP contribution in [0.15, 0.2) is 46.8 Å². The van der Waals surface area contributed by atoms with Crippen molar-refractivity contribution in [2.45, 2.75) is 17.8 Å². The SMILES string of the molecule is C=NOCC1=C(C(=O)O)N2C(=O)C(NC(=O)Cc3ccccc3)C2SC1. The fraction of sp³-hybridized carbons (Fsp3) is 0.294. The van der Waals surface area contributed by atoms with Gasteiger partial charge in [-0.2, -0.15) is 0 Å². The van der Waals surface area contributed by atoms with E-state index < -0.39 is 23.3 Å². The van der Waals surface area contributed by atoms with E-state index in [0.29, 0.717) is 11.3 Å². The molecule has 26 heavy (non-hydrogen) atoms. The smallest absolute Gasteiger partial charge is 0.352 e. The van der Waals surface area contributed by atoms with E-state index in [2.05, 4.69) is 17.2 Å². The van der Waals surface area contributed by atoms with Crippen LogP contribution in [0.3, 0.4) is 0 Å². The zero-order valence-corrected chi connectivity index (χ0v) is 14.6. The Labute approximate surface area is 153 Å². The quantitative estimate of drug-likeness (QED) is 0.410. The van der Waals surface area contributed by atoms with Crippen molar-refractivity contribution >= 4 is 36.3 Å². The Morgan fingerprint density at radius 3 is 2.77 bits per heavy atom. The number of amides is 2. The van der Waals surface area contributed by atoms with Gasteiger partial charge in [0.1, 0.15) is 23.7 Å². The summed E-state index contributed by atoms with van der Waals surface area (Å²) in [7, 11) is 0. The van der Waals surface area contributed by atoms with Gasteiger partial charge in [0.25, 0.3) is 5.91 Å². The lowest BCUT2D eigenvalue weighted by atomic mass is 10.0. The number of carbonyl (C=O) groups is 3. The van der Waals surface area contributed by atoms with Gasteiger partial charge in [0.2, 0.25) is 5.91 Å². The zero-order chi connectivity index (χ0) is 18.7. The number of nitrogens with one attached hydrogen (secondary N) is 1. The molecule has 0 radical (unpaired) electrons. The van der Waals surface area contributed by atoms with E-state index in [-0.39, 0.29) is 24.6 Å². The summed E-state index contributed by atoms with van der Waals surface area (Å²) in [6, 6.07) is 8.45. The molecular formula is C17H17N3O5S. The molecule has 1 aromatic rings. The fourth-order valence-electron chi connectivity index (χ4n) is 2.92. The number of carboxylic acid groups (broad SMARTS) is 1. The van der Waals surface area contributed by atoms with Crippen LogP contribution >= 0.6 is 11.8 Å². The largest absolute Gasteiger partial charge is 0.477 e. The summed E-state index contributed by atoms with van der Waals surface area (Å²) >= 11 is 1.38. The molecule has 9 heteroatoms. The molecule has 0 aliphatic carbocycles. The average molecular weight is 375 g/mol. The molecule has 1 saturated heterocycles. The number of β-lactam (4-membered cyclic amide) rings is 1. The van der Waals surface area contributed by atoms with Crippen molar-refractivity contribution in [1.82, 2.24) is 10.2 Å². The molecular weight excluding hydrogens is 358 g/mol. The molecule has 3 rings (SSSR count). The van der Waals surface area contributed by atoms with Crippen molar-refractivity contribution < 1.29 is 24.3 Å². The first-order chi connectivity index (χ1) is 12.5. The number of carbonyl (C=O) groups excluding carboxylic acids is 2. The molecule has 0 bridgehead atoms. The lowest BCUT2D eigenvalue weighted by Crippen LogP contribution is -2.70. The minimum atomic E-state index is -1.21. The van der Waals surface area contributed by atoms with Gasteiger partial charge in [-0.05, 0) is 5.56 Å². The third kappa shape index (κ3) is 3.43. The van der Waals surface area contributed by atoms with Crippen molar-refractivity contribution in [3.05, 3.63) is 47.2 Å². The van der Waals surface area contributed by atoms with E-state index in [4.69, 9.17) is 4.84 Å². The minimum Gasteiger partial charge on any atom is -0.477 e. The Kier molecular flexibility index (Phi) is 5.27. The van der Waals surface area contributed by atoms with E-state index in [9.17, 15) is 19.5 Å². The van der Waals surface area contributed by atoms with Gasteiger partial charge < -0.3 is 15.3 Å². The third-order valence-corrected chi connectivity index (χ3v) is 5.44. The number of oxime groups is 1. The number of rotatable bonds is 7. The molecule has 2 amide bonds. The van der Waals surface area contributed by atoms with Crippen LogP contribution in [0.5, 0.6) is 0 Å². The highest BCUT2D eigenvalue weighted by molar-refractivity contribution is 8.00. The minimum absolute atomic E-state index is 0.0420. The van der Waals surface area contributed by atoms with Gasteiger partial charge in [-0.15, -0.1) is 16.9 Å². The van der Waals surface area contributed by atoms with Crippen molar-refractivity contribution in [1.29, 1.82) is 0 Å². The van der Waals surface area contributed by atoms with E-state index in [0.717, 1.165) is 5.56 Å². The molecule has 1 fully saturated rings. The normalized spacial score (nSPS) is 21.5. The van der Waals surface area contributed by atoms with Gasteiger partial charge >= 0.3 is 5.97 Å². The Balaban J connectivity index is 1.69. The highest BCUT2D eigenvalue weighted by Gasteiger charge is 2.54. The molecule has 2 N–H and O–H groups in total. The van der Waals surface area contributed by atoms with Crippen LogP contribution in [-0.4, -0.2) is 58.3 Å². The molecule has 8 nitrogen and oxygen atoms in total. The van der Waals surface area contributed by atoms with Gasteiger partial charge in [-0.3, -0.25) is 14.5 Å². The van der Waals surface area contributed by atoms with Gasteiger partial charge in [0.15, 0.2) is 0 Å². The monoisotopic (exact) mass is 375 g/mol. The average Bonchev–Trinajstić information content (AvgIpc) is 2.64. The molecule has 2 unspecified atom stereocenters. The number of hydrogen-bond donors (Lipinski definition) is 2. The number of fused-ring (bicyclic) bond motifs is 1. The summed E-state index contributed by atoms with van der Waals surface area (Å²) in [6.07, 6.45) is 0.160. The van der Waals surface area contributed by atoms with Crippen LogP contribution in [-0.2, 0) is 25.6 Å². The number of benzene rings is 1. The van der Waals surface area contributed by atoms with Crippen LogP contribution in [0.25, 0.3) is 0 Å². The topological polar surface area (TPSA) is 108 Å². The van der Waals surface area contributed by atoms with Crippen molar-refractivity contribution in [3.8, 4) is 0 Å². The second-order valence-corrected chi connectivity index (χ2v) is 6.88. The number of hydrogen-bond acceptors (Lipinski definition) is 6. The maximum absolute atomic E-state index is 12.4. The summed E-state index contributed by atoms with van der Waals surface area (Å²) < 4.78 is 0. The molecule has 0 saturated carbocycles. The summed E-state index contributed by atoms with van der Waals surface area (Å²) in [4.78, 5) is 42.2. The molecule has 0 spiro atoms. The molecule has 2 atom stereocenters. The van der Waals surface area contributed by atoms with Crippen LogP contribution in [0, 0.1) is 0 Å². The highest BCUT2D eigenvalue weighted by atomic mass is 32.2. The Morgan fingerprint density at radius 1 is 1.38 bits per heavy atom. The number of nitrogens with zero attached hydrogens (tertiary/aromatic N) is 2. The van der Waals surface area contributed by atoms with Gasteiger partial charge in [0.05, 0.1) is 6.42 Å². The van der Waals surface area contributed by atoms with E-state index in [1.165, 1.54) is 16.7 Å². The van der Waals surface area contributed by atoms with Crippen molar-refractivity contribution in [2.24, 2.45) is 5.16 Å². The van der Waals surface area contributed by atoms with Gasteiger partial charge in [0, 0.05) is 18.0 Å². The Morgan fingerprint density at radius 2 is 2.12 bits per heavy atom. The van der Waals surface area contributed by atoms with Crippen molar-refractivity contribution in [2.75, 3.05) is 12.4 Å². The predicted molar refractivity (Wildman–Crippen MR) is 95.3 cm³/mol. The second kappa shape index (κ2) is 7.61. The second-order valence-electron chi connectivity index (χ2n) is 5.78. The number of thioether (sulfide) groups is 1. The summed E-state index contributed by atoms with van der Waals surface area (Å²) in [5.41, 5.74) is 1.19. The standard InChI is InChI=1S/C17H17N3O5S/c1-18-25-8-11-9-26-16-13(15(22)20(16)14(11)17(23)24)19-12(21)7-10-5-3-2-4-6-10/h2-6,13,16H,1,7-9H2,(H,19,21)(H,23,24). The summed E-state index contributed by atoms with van der Waals surface area (Å²) in [5, 5.41) is 15.0. The lowest BCUT2D eigenvalue weighted by Gasteiger charge is -2.49. The Bertz CT molecular complexity index is 780. The van der Waals surface area contributed by atoms with Crippen LogP contribution in [0.1, 0.15) is 5.56 Å². The fourth-order valence-corrected chi connectivity index (χ4v) is 4.25. The van der Waals surface area contributed by atoms with Crippen LogP contribution in [0.4, 0.5) is 0 Å². The molecule has 2 aliphatic heterocycles. The maximum atomic E-state index is 12.4. The Hall–Kier alpha value is -2.81. The van der Waals surface area contributed by atoms with Crippen LogP contribution < -0.4 is 5.32 Å². The number of carboxylic acids is 1.